The summed E-state index contributed by atoms with van der Waals surface area (Å²) < 4.78 is 6.56. The van der Waals surface area contributed by atoms with Gasteiger partial charge in [-0.1, -0.05) is 6.07 Å². The molecule has 0 aliphatic heterocycles. The summed E-state index contributed by atoms with van der Waals surface area (Å²) in [6, 6.07) is 4.79. The minimum atomic E-state index is -0.672. The Kier molecular flexibility index (Phi) is 5.04. The highest BCUT2D eigenvalue weighted by atomic mass is 16.6. The van der Waals surface area contributed by atoms with Crippen LogP contribution < -0.4 is 16.6 Å². The largest absolute Gasteiger partial charge is 0.444 e. The van der Waals surface area contributed by atoms with Gasteiger partial charge in [0.1, 0.15) is 16.9 Å². The van der Waals surface area contributed by atoms with E-state index in [1.807, 2.05) is 12.1 Å². The Balaban J connectivity index is 2.00. The van der Waals surface area contributed by atoms with Crippen molar-refractivity contribution in [2.24, 2.45) is 7.05 Å². The standard InChI is InChI=1S/C18H22N6O4/c1-18(2,3)28-17(27)20-11(9-10-7-5-6-8-19-10)13-21-12-14(22-13)24(4)16(26)23-15(12)25/h5-8,11H,9H2,1-4H3,(H,20,27)(H,21,22)(H,23,25,26)/t11-/m1/s1. The molecular weight excluding hydrogens is 364 g/mol. The number of pyridine rings is 1. The van der Waals surface area contributed by atoms with Crippen molar-refractivity contribution in [2.75, 3.05) is 0 Å². The quantitative estimate of drug-likeness (QED) is 0.616. The van der Waals surface area contributed by atoms with Gasteiger partial charge in [-0.3, -0.25) is 19.3 Å². The predicted octanol–water partition coefficient (Wildman–Crippen LogP) is 1.15. The highest BCUT2D eigenvalue weighted by molar-refractivity contribution is 5.71. The molecular formula is C18H22N6O4. The molecule has 3 aromatic rings. The van der Waals surface area contributed by atoms with Gasteiger partial charge in [0.25, 0.3) is 5.56 Å². The molecule has 0 saturated carbocycles. The van der Waals surface area contributed by atoms with Gasteiger partial charge in [0.2, 0.25) is 0 Å². The Labute approximate surface area is 160 Å². The van der Waals surface area contributed by atoms with Gasteiger partial charge in [-0.05, 0) is 32.9 Å². The molecule has 10 heteroatoms. The number of hydrogen-bond acceptors (Lipinski definition) is 6. The van der Waals surface area contributed by atoms with Gasteiger partial charge in [-0.2, -0.15) is 0 Å². The number of fused-ring (bicyclic) bond motifs is 1. The Morgan fingerprint density at radius 3 is 2.68 bits per heavy atom. The predicted molar refractivity (Wildman–Crippen MR) is 102 cm³/mol. The van der Waals surface area contributed by atoms with Gasteiger partial charge < -0.3 is 15.0 Å². The van der Waals surface area contributed by atoms with E-state index in [9.17, 15) is 14.4 Å². The van der Waals surface area contributed by atoms with Crippen LogP contribution in [0.1, 0.15) is 38.3 Å². The summed E-state index contributed by atoms with van der Waals surface area (Å²) >= 11 is 0. The van der Waals surface area contributed by atoms with Crippen LogP contribution in [0.5, 0.6) is 0 Å². The van der Waals surface area contributed by atoms with Gasteiger partial charge in [-0.15, -0.1) is 0 Å². The first-order valence-electron chi connectivity index (χ1n) is 8.72. The van der Waals surface area contributed by atoms with E-state index in [0.29, 0.717) is 17.9 Å². The number of H-pyrrole nitrogens is 2. The number of imidazole rings is 1. The molecule has 0 unspecified atom stereocenters. The first-order valence-corrected chi connectivity index (χ1v) is 8.72. The van der Waals surface area contributed by atoms with Crippen LogP contribution in [-0.4, -0.2) is 36.2 Å². The van der Waals surface area contributed by atoms with Crippen molar-refractivity contribution in [3.05, 3.63) is 56.8 Å². The molecule has 28 heavy (non-hydrogen) atoms. The number of aryl methyl sites for hydroxylation is 1. The molecule has 3 aromatic heterocycles. The molecule has 0 bridgehead atoms. The minimum Gasteiger partial charge on any atom is -0.444 e. The first kappa shape index (κ1) is 19.3. The molecule has 3 heterocycles. The maximum atomic E-state index is 12.3. The van der Waals surface area contributed by atoms with Crippen molar-refractivity contribution in [3.8, 4) is 0 Å². The summed E-state index contributed by atoms with van der Waals surface area (Å²) in [6.45, 7) is 5.28. The van der Waals surface area contributed by atoms with E-state index in [1.54, 1.807) is 33.0 Å². The summed E-state index contributed by atoms with van der Waals surface area (Å²) in [5.41, 5.74) is -0.765. The van der Waals surface area contributed by atoms with Crippen molar-refractivity contribution < 1.29 is 9.53 Å². The van der Waals surface area contributed by atoms with Crippen molar-refractivity contribution in [3.63, 3.8) is 0 Å². The highest BCUT2D eigenvalue weighted by Gasteiger charge is 2.24. The van der Waals surface area contributed by atoms with E-state index in [2.05, 4.69) is 25.3 Å². The number of rotatable bonds is 4. The van der Waals surface area contributed by atoms with E-state index in [1.165, 1.54) is 11.6 Å². The van der Waals surface area contributed by atoms with Crippen LogP contribution in [0, 0.1) is 0 Å². The molecule has 0 spiro atoms. The third-order valence-corrected chi connectivity index (χ3v) is 3.93. The zero-order valence-electron chi connectivity index (χ0n) is 16.1. The molecule has 148 valence electrons. The van der Waals surface area contributed by atoms with Crippen molar-refractivity contribution >= 4 is 17.3 Å². The zero-order chi connectivity index (χ0) is 20.5. The number of hydrogen-bond donors (Lipinski definition) is 3. The summed E-state index contributed by atoms with van der Waals surface area (Å²) in [5.74, 6) is 0.318. The number of alkyl carbamates (subject to hydrolysis) is 1. The summed E-state index contributed by atoms with van der Waals surface area (Å²) in [6.07, 6.45) is 1.33. The maximum absolute atomic E-state index is 12.3. The molecule has 0 aliphatic rings. The molecule has 0 saturated heterocycles. The number of nitrogens with zero attached hydrogens (tertiary/aromatic N) is 3. The zero-order valence-corrected chi connectivity index (χ0v) is 16.1. The topological polar surface area (TPSA) is 135 Å². The number of nitrogens with one attached hydrogen (secondary N) is 3. The molecule has 10 nitrogen and oxygen atoms in total. The van der Waals surface area contributed by atoms with Crippen molar-refractivity contribution in [1.29, 1.82) is 0 Å². The summed E-state index contributed by atoms with van der Waals surface area (Å²) in [7, 11) is 1.50. The molecule has 0 aromatic carbocycles. The molecule has 1 amide bonds. The average molecular weight is 386 g/mol. The van der Waals surface area contributed by atoms with Gasteiger partial charge >= 0.3 is 11.8 Å². The lowest BCUT2D eigenvalue weighted by atomic mass is 10.1. The fourth-order valence-corrected chi connectivity index (χ4v) is 2.68. The normalized spacial score (nSPS) is 12.7. The van der Waals surface area contributed by atoms with Crippen molar-refractivity contribution in [2.45, 2.75) is 38.8 Å². The monoisotopic (exact) mass is 386 g/mol. The van der Waals surface area contributed by atoms with Gasteiger partial charge in [0, 0.05) is 25.4 Å². The second-order valence-corrected chi connectivity index (χ2v) is 7.36. The Hall–Kier alpha value is -3.43. The first-order chi connectivity index (χ1) is 13.1. The van der Waals surface area contributed by atoms with E-state index in [4.69, 9.17) is 4.74 Å². The van der Waals surface area contributed by atoms with Crippen LogP contribution in [-0.2, 0) is 18.2 Å². The Bertz CT molecular complexity index is 1110. The van der Waals surface area contributed by atoms with Crippen molar-refractivity contribution in [1.82, 2.24) is 29.8 Å². The lowest BCUT2D eigenvalue weighted by Crippen LogP contribution is -2.36. The second kappa shape index (κ2) is 7.29. The van der Waals surface area contributed by atoms with Crippen LogP contribution >= 0.6 is 0 Å². The number of carbonyl (C=O) groups is 1. The van der Waals surface area contributed by atoms with Crippen LogP contribution in [0.15, 0.2) is 34.0 Å². The molecule has 1 atom stereocenters. The summed E-state index contributed by atoms with van der Waals surface area (Å²) in [4.78, 5) is 50.0. The van der Waals surface area contributed by atoms with Crippen LogP contribution in [0.4, 0.5) is 4.79 Å². The Morgan fingerprint density at radius 1 is 1.29 bits per heavy atom. The van der Waals surface area contributed by atoms with Gasteiger partial charge in [0.05, 0.1) is 6.04 Å². The van der Waals surface area contributed by atoms with E-state index in [-0.39, 0.29) is 11.2 Å². The smallest absolute Gasteiger partial charge is 0.408 e. The highest BCUT2D eigenvalue weighted by Crippen LogP contribution is 2.18. The molecule has 3 rings (SSSR count). The fourth-order valence-electron chi connectivity index (χ4n) is 2.68. The summed E-state index contributed by atoms with van der Waals surface area (Å²) in [5, 5.41) is 2.76. The average Bonchev–Trinajstić information content (AvgIpc) is 3.05. The van der Waals surface area contributed by atoms with Gasteiger partial charge in [0.15, 0.2) is 5.65 Å². The second-order valence-electron chi connectivity index (χ2n) is 7.36. The minimum absolute atomic E-state index is 0.147. The number of aromatic nitrogens is 5. The lowest BCUT2D eigenvalue weighted by molar-refractivity contribution is 0.0501. The van der Waals surface area contributed by atoms with E-state index in [0.717, 1.165) is 0 Å². The van der Waals surface area contributed by atoms with Crippen LogP contribution in [0.2, 0.25) is 0 Å². The number of amides is 1. The third-order valence-electron chi connectivity index (χ3n) is 3.93. The SMILES string of the molecule is Cn1c(=O)[nH]c(=O)c2[nH]c([C@@H](Cc3ccccn3)NC(=O)OC(C)(C)C)nc21. The lowest BCUT2D eigenvalue weighted by Gasteiger charge is -2.22. The molecule has 0 radical (unpaired) electrons. The molecule has 3 N–H and O–H groups in total. The number of aromatic amines is 2. The molecule has 0 fully saturated rings. The van der Waals surface area contributed by atoms with E-state index < -0.39 is 29.0 Å². The van der Waals surface area contributed by atoms with Crippen LogP contribution in [0.25, 0.3) is 11.2 Å². The van der Waals surface area contributed by atoms with E-state index >= 15 is 0 Å². The number of ether oxygens (including phenoxy) is 1. The Morgan fingerprint density at radius 2 is 2.04 bits per heavy atom. The van der Waals surface area contributed by atoms with Gasteiger partial charge in [-0.25, -0.2) is 14.6 Å². The number of carbonyl (C=O) groups excluding carboxylic acids is 1. The van der Waals surface area contributed by atoms with Crippen LogP contribution in [0.3, 0.4) is 0 Å². The third kappa shape index (κ3) is 4.27. The maximum Gasteiger partial charge on any atom is 0.408 e. The molecule has 0 aliphatic carbocycles. The fraction of sp³-hybridized carbons (Fsp3) is 0.389.